The highest BCUT2D eigenvalue weighted by Crippen LogP contribution is 2.35. The Hall–Kier alpha value is -1.76. The van der Waals surface area contributed by atoms with Crippen LogP contribution in [0, 0.1) is 11.8 Å². The molecule has 1 aliphatic heterocycles. The predicted octanol–water partition coefficient (Wildman–Crippen LogP) is 1.82. The number of halogens is 1. The van der Waals surface area contributed by atoms with Crippen LogP contribution in [-0.4, -0.2) is 48.1 Å². The summed E-state index contributed by atoms with van der Waals surface area (Å²) in [7, 11) is 3.07. The van der Waals surface area contributed by atoms with Crippen molar-refractivity contribution in [2.45, 2.75) is 37.1 Å². The lowest BCUT2D eigenvalue weighted by Gasteiger charge is -2.40. The third-order valence-corrected chi connectivity index (χ3v) is 5.20. The summed E-state index contributed by atoms with van der Waals surface area (Å²) < 4.78 is 10.3. The number of carbonyl (C=O) groups excluding carboxylic acids is 1. The molecule has 1 saturated carbocycles. The molecule has 0 radical (unpaired) electrons. The average Bonchev–Trinajstić information content (AvgIpc) is 2.59. The van der Waals surface area contributed by atoms with Gasteiger partial charge in [-0.05, 0) is 31.6 Å². The topological polar surface area (TPSA) is 85.4 Å². The highest BCUT2D eigenvalue weighted by Gasteiger charge is 2.38. The number of piperidine rings is 1. The van der Waals surface area contributed by atoms with Crippen molar-refractivity contribution in [1.82, 2.24) is 15.3 Å². The van der Waals surface area contributed by atoms with Crippen molar-refractivity contribution in [1.29, 1.82) is 0 Å². The molecule has 4 unspecified atom stereocenters. The van der Waals surface area contributed by atoms with E-state index in [1.54, 1.807) is 6.07 Å². The Bertz CT molecular complexity index is 578. The zero-order chi connectivity index (χ0) is 17.1. The Labute approximate surface area is 146 Å². The molecule has 8 heteroatoms. The first-order chi connectivity index (χ1) is 11.6. The van der Waals surface area contributed by atoms with Gasteiger partial charge >= 0.3 is 0 Å². The van der Waals surface area contributed by atoms with E-state index in [2.05, 4.69) is 20.6 Å². The summed E-state index contributed by atoms with van der Waals surface area (Å²) in [6.45, 7) is 0.471. The van der Waals surface area contributed by atoms with E-state index in [1.807, 2.05) is 0 Å². The summed E-state index contributed by atoms with van der Waals surface area (Å²) in [5.74, 6) is 1.64. The Morgan fingerprint density at radius 2 is 1.96 bits per heavy atom. The lowest BCUT2D eigenvalue weighted by molar-refractivity contribution is -0.129. The number of hydrogen-bond acceptors (Lipinski definition) is 6. The molecule has 1 amide bonds. The smallest absolute Gasteiger partial charge is 0.229 e. The van der Waals surface area contributed by atoms with Gasteiger partial charge < -0.3 is 20.1 Å². The number of methoxy groups -OCH3 is 2. The van der Waals surface area contributed by atoms with E-state index in [0.717, 1.165) is 25.7 Å². The van der Waals surface area contributed by atoms with Gasteiger partial charge in [0.2, 0.25) is 23.6 Å². The van der Waals surface area contributed by atoms with Crippen LogP contribution < -0.4 is 20.1 Å². The van der Waals surface area contributed by atoms with E-state index in [-0.39, 0.29) is 23.2 Å². The summed E-state index contributed by atoms with van der Waals surface area (Å²) in [6.07, 6.45) is 3.75. The maximum atomic E-state index is 12.3. The maximum absolute atomic E-state index is 12.3. The lowest BCUT2D eigenvalue weighted by atomic mass is 9.75. The summed E-state index contributed by atoms with van der Waals surface area (Å²) >= 11 is 6.28. The van der Waals surface area contributed by atoms with Gasteiger partial charge in [-0.25, -0.2) is 0 Å². The number of alkyl halides is 1. The molecule has 1 aromatic rings. The summed E-state index contributed by atoms with van der Waals surface area (Å²) in [6, 6.07) is 1.88. The number of fused-ring (bicyclic) bond motifs is 1. The fraction of sp³-hybridized carbons (Fsp3) is 0.688. The molecule has 2 heterocycles. The fourth-order valence-electron chi connectivity index (χ4n) is 3.51. The second-order valence-electron chi connectivity index (χ2n) is 6.38. The molecule has 0 spiro atoms. The molecule has 1 saturated heterocycles. The number of nitrogens with one attached hydrogen (secondary N) is 2. The minimum atomic E-state index is -0.117. The molecule has 0 aromatic carbocycles. The second-order valence-corrected chi connectivity index (χ2v) is 6.99. The van der Waals surface area contributed by atoms with E-state index in [4.69, 9.17) is 21.1 Å². The van der Waals surface area contributed by atoms with Gasteiger partial charge in [-0.1, -0.05) is 0 Å². The number of carbonyl (C=O) groups is 1. The molecule has 2 fully saturated rings. The van der Waals surface area contributed by atoms with Gasteiger partial charge in [-0.15, -0.1) is 11.6 Å². The van der Waals surface area contributed by atoms with E-state index in [1.165, 1.54) is 14.2 Å². The van der Waals surface area contributed by atoms with Gasteiger partial charge in [-0.3, -0.25) is 4.79 Å². The lowest BCUT2D eigenvalue weighted by Crippen LogP contribution is -2.53. The first-order valence-electron chi connectivity index (χ1n) is 8.24. The van der Waals surface area contributed by atoms with Crippen LogP contribution >= 0.6 is 11.6 Å². The number of ether oxygens (including phenoxy) is 2. The van der Waals surface area contributed by atoms with Crippen LogP contribution in [0.1, 0.15) is 25.7 Å². The summed E-state index contributed by atoms with van der Waals surface area (Å²) in [5, 5.41) is 6.49. The molecule has 0 bridgehead atoms. The summed E-state index contributed by atoms with van der Waals surface area (Å²) in [5.41, 5.74) is 0. The zero-order valence-electron chi connectivity index (χ0n) is 13.9. The van der Waals surface area contributed by atoms with Gasteiger partial charge in [0.15, 0.2) is 0 Å². The Morgan fingerprint density at radius 1 is 1.25 bits per heavy atom. The number of nitrogens with zero attached hydrogens (tertiary/aromatic N) is 2. The highest BCUT2D eigenvalue weighted by molar-refractivity contribution is 6.20. The molecule has 4 atom stereocenters. The SMILES string of the molecule is COc1cc(OC)nc(NCC2CC3CC(Cl)CCC3NC2=O)n1. The van der Waals surface area contributed by atoms with E-state index >= 15 is 0 Å². The van der Waals surface area contributed by atoms with Crippen LogP contribution in [0.3, 0.4) is 0 Å². The molecule has 3 rings (SSSR count). The second kappa shape index (κ2) is 7.42. The van der Waals surface area contributed by atoms with Crippen molar-refractivity contribution >= 4 is 23.5 Å². The Balaban J connectivity index is 1.62. The average molecular weight is 355 g/mol. The Morgan fingerprint density at radius 3 is 2.62 bits per heavy atom. The van der Waals surface area contributed by atoms with E-state index in [9.17, 15) is 4.79 Å². The first-order valence-corrected chi connectivity index (χ1v) is 8.68. The Kier molecular flexibility index (Phi) is 5.28. The quantitative estimate of drug-likeness (QED) is 0.784. The van der Waals surface area contributed by atoms with E-state index < -0.39 is 0 Å². The molecule has 2 N–H and O–H groups in total. The van der Waals surface area contributed by atoms with Crippen molar-refractivity contribution in [3.8, 4) is 11.8 Å². The van der Waals surface area contributed by atoms with Gasteiger partial charge in [0.1, 0.15) is 0 Å². The van der Waals surface area contributed by atoms with Crippen LogP contribution in [0.4, 0.5) is 5.95 Å². The van der Waals surface area contributed by atoms with Crippen molar-refractivity contribution in [3.05, 3.63) is 6.07 Å². The van der Waals surface area contributed by atoms with Crippen LogP contribution in [0.25, 0.3) is 0 Å². The number of rotatable bonds is 5. The summed E-state index contributed by atoms with van der Waals surface area (Å²) in [4.78, 5) is 20.8. The predicted molar refractivity (Wildman–Crippen MR) is 90.6 cm³/mol. The normalized spacial score (nSPS) is 29.4. The van der Waals surface area contributed by atoms with Crippen molar-refractivity contribution < 1.29 is 14.3 Å². The first kappa shape index (κ1) is 17.1. The largest absolute Gasteiger partial charge is 0.481 e. The van der Waals surface area contributed by atoms with Gasteiger partial charge in [0, 0.05) is 18.0 Å². The minimum Gasteiger partial charge on any atom is -0.481 e. The molecular formula is C16H23ClN4O3. The minimum absolute atomic E-state index is 0.0895. The number of amides is 1. The van der Waals surface area contributed by atoms with Gasteiger partial charge in [0.05, 0.1) is 26.2 Å². The van der Waals surface area contributed by atoms with Crippen LogP contribution in [0.15, 0.2) is 6.07 Å². The van der Waals surface area contributed by atoms with Crippen LogP contribution in [0.5, 0.6) is 11.8 Å². The highest BCUT2D eigenvalue weighted by atomic mass is 35.5. The van der Waals surface area contributed by atoms with Crippen LogP contribution in [-0.2, 0) is 4.79 Å². The van der Waals surface area contributed by atoms with Crippen molar-refractivity contribution in [2.75, 3.05) is 26.1 Å². The molecule has 2 aliphatic rings. The number of hydrogen-bond donors (Lipinski definition) is 2. The molecule has 7 nitrogen and oxygen atoms in total. The molecule has 1 aromatic heterocycles. The van der Waals surface area contributed by atoms with Crippen molar-refractivity contribution in [3.63, 3.8) is 0 Å². The number of aromatic nitrogens is 2. The zero-order valence-corrected chi connectivity index (χ0v) is 14.7. The number of anilines is 1. The van der Waals surface area contributed by atoms with Gasteiger partial charge in [-0.2, -0.15) is 9.97 Å². The molecule has 132 valence electrons. The molecular weight excluding hydrogens is 332 g/mol. The third-order valence-electron chi connectivity index (χ3n) is 4.81. The standard InChI is InChI=1S/C16H23ClN4O3/c1-23-13-7-14(24-2)21-16(20-13)18-8-10-5-9-6-11(17)3-4-12(9)19-15(10)22/h7,9-12H,3-6,8H2,1-2H3,(H,19,22)(H,18,20,21). The monoisotopic (exact) mass is 354 g/mol. The van der Waals surface area contributed by atoms with Crippen LogP contribution in [0.2, 0.25) is 0 Å². The molecule has 24 heavy (non-hydrogen) atoms. The van der Waals surface area contributed by atoms with Gasteiger partial charge in [0.25, 0.3) is 0 Å². The maximum Gasteiger partial charge on any atom is 0.229 e. The van der Waals surface area contributed by atoms with Crippen molar-refractivity contribution in [2.24, 2.45) is 11.8 Å². The van der Waals surface area contributed by atoms with E-state index in [0.29, 0.717) is 30.2 Å². The fourth-order valence-corrected chi connectivity index (χ4v) is 3.87. The molecule has 1 aliphatic carbocycles. The third kappa shape index (κ3) is 3.83.